The number of ether oxygens (including phenoxy) is 1. The zero-order valence-electron chi connectivity index (χ0n) is 19.6. The number of carbonyl (C=O) groups excluding carboxylic acids is 2. The van der Waals surface area contributed by atoms with Gasteiger partial charge in [-0.05, 0) is 48.2 Å². The first-order valence-corrected chi connectivity index (χ1v) is 12.4. The van der Waals surface area contributed by atoms with Crippen molar-refractivity contribution in [2.45, 2.75) is 37.6 Å². The van der Waals surface area contributed by atoms with E-state index >= 15 is 0 Å². The van der Waals surface area contributed by atoms with Gasteiger partial charge in [-0.15, -0.1) is 0 Å². The van der Waals surface area contributed by atoms with Crippen LogP contribution in [0.4, 0.5) is 0 Å². The van der Waals surface area contributed by atoms with Gasteiger partial charge in [-0.2, -0.15) is 0 Å². The molecule has 0 saturated carbocycles. The number of nitrogens with one attached hydrogen (secondary N) is 1. The van der Waals surface area contributed by atoms with Gasteiger partial charge in [0.25, 0.3) is 0 Å². The summed E-state index contributed by atoms with van der Waals surface area (Å²) in [6.45, 7) is 5.05. The number of hydrogen-bond acceptors (Lipinski definition) is 7. The Bertz CT molecular complexity index is 1380. The van der Waals surface area contributed by atoms with Crippen molar-refractivity contribution in [1.29, 1.82) is 0 Å². The van der Waals surface area contributed by atoms with E-state index in [-0.39, 0.29) is 45.5 Å². The average Bonchev–Trinajstić information content (AvgIpc) is 3.11. The molecule has 3 rings (SSSR count). The highest BCUT2D eigenvalue weighted by molar-refractivity contribution is 7.91. The number of methoxy groups -OCH3 is 1. The van der Waals surface area contributed by atoms with Crippen LogP contribution in [-0.2, 0) is 25.0 Å². The van der Waals surface area contributed by atoms with Crippen LogP contribution in [0.25, 0.3) is 22.3 Å². The van der Waals surface area contributed by atoms with E-state index in [4.69, 9.17) is 14.9 Å². The summed E-state index contributed by atoms with van der Waals surface area (Å²) < 4.78 is 36.8. The highest BCUT2D eigenvalue weighted by Crippen LogP contribution is 2.41. The van der Waals surface area contributed by atoms with Gasteiger partial charge >= 0.3 is 0 Å². The molecule has 0 spiro atoms. The Hall–Kier alpha value is -3.53. The maximum atomic E-state index is 12.9. The SMILES string of the molecule is COc1cc(-c2oc3ccc(C(CC(C)C)(NC(C)=O)C(N)=O)cc3c2S(C)(=O)=O)ccc1O. The molecule has 0 aliphatic rings. The minimum absolute atomic E-state index is 0.0196. The lowest BCUT2D eigenvalue weighted by atomic mass is 9.81. The maximum absolute atomic E-state index is 12.9. The number of nitrogens with two attached hydrogens (primary N) is 1. The van der Waals surface area contributed by atoms with Gasteiger partial charge in [0.2, 0.25) is 11.8 Å². The highest BCUT2D eigenvalue weighted by Gasteiger charge is 2.41. The van der Waals surface area contributed by atoms with Crippen LogP contribution in [0.5, 0.6) is 11.5 Å². The molecule has 0 aliphatic carbocycles. The molecular formula is C24H28N2O7S. The second kappa shape index (κ2) is 9.02. The van der Waals surface area contributed by atoms with E-state index in [1.54, 1.807) is 12.1 Å². The molecule has 0 bridgehead atoms. The minimum Gasteiger partial charge on any atom is -0.504 e. The van der Waals surface area contributed by atoms with Crippen LogP contribution in [-0.4, -0.2) is 38.7 Å². The fourth-order valence-electron chi connectivity index (χ4n) is 4.18. The van der Waals surface area contributed by atoms with Crippen LogP contribution in [0.15, 0.2) is 45.7 Å². The van der Waals surface area contributed by atoms with E-state index in [0.29, 0.717) is 11.1 Å². The predicted molar refractivity (Wildman–Crippen MR) is 127 cm³/mol. The molecule has 1 unspecified atom stereocenters. The lowest BCUT2D eigenvalue weighted by molar-refractivity contribution is -0.131. The number of hydrogen-bond donors (Lipinski definition) is 3. The Kier molecular flexibility index (Phi) is 6.66. The molecule has 0 saturated heterocycles. The van der Waals surface area contributed by atoms with E-state index in [2.05, 4.69) is 5.32 Å². The number of rotatable bonds is 8. The Balaban J connectivity index is 2.36. The Morgan fingerprint density at radius 3 is 2.41 bits per heavy atom. The number of aromatic hydroxyl groups is 1. The molecule has 0 fully saturated rings. The summed E-state index contributed by atoms with van der Waals surface area (Å²) in [6.07, 6.45) is 1.26. The lowest BCUT2D eigenvalue weighted by Gasteiger charge is -2.33. The highest BCUT2D eigenvalue weighted by atomic mass is 32.2. The van der Waals surface area contributed by atoms with Crippen molar-refractivity contribution >= 4 is 32.6 Å². The van der Waals surface area contributed by atoms with Crippen LogP contribution in [0.2, 0.25) is 0 Å². The molecule has 3 aromatic rings. The van der Waals surface area contributed by atoms with Gasteiger partial charge in [0.15, 0.2) is 27.1 Å². The monoisotopic (exact) mass is 488 g/mol. The first-order chi connectivity index (χ1) is 15.8. The van der Waals surface area contributed by atoms with Crippen molar-refractivity contribution in [3.63, 3.8) is 0 Å². The first kappa shape index (κ1) is 25.1. The van der Waals surface area contributed by atoms with E-state index in [0.717, 1.165) is 6.26 Å². The Morgan fingerprint density at radius 1 is 1.21 bits per heavy atom. The molecular weight excluding hydrogens is 460 g/mol. The van der Waals surface area contributed by atoms with Crippen molar-refractivity contribution in [3.05, 3.63) is 42.0 Å². The van der Waals surface area contributed by atoms with E-state index in [1.165, 1.54) is 38.3 Å². The third kappa shape index (κ3) is 4.58. The molecule has 2 amide bonds. The Morgan fingerprint density at radius 2 is 1.88 bits per heavy atom. The van der Waals surface area contributed by atoms with Gasteiger partial charge in [0.1, 0.15) is 16.0 Å². The van der Waals surface area contributed by atoms with Crippen LogP contribution in [0, 0.1) is 5.92 Å². The molecule has 10 heteroatoms. The standard InChI is InChI=1S/C24H28N2O7S/c1-13(2)12-24(23(25)29,26-14(3)27)16-7-9-19-17(11-16)22(34(5,30)31)21(33-19)15-6-8-18(28)20(10-15)32-4/h6-11,13,28H,12H2,1-5H3,(H2,25,29)(H,26,27). The number of amides is 2. The molecule has 2 aromatic carbocycles. The molecule has 1 aromatic heterocycles. The fraction of sp³-hybridized carbons (Fsp3) is 0.333. The smallest absolute Gasteiger partial charge is 0.247 e. The number of carbonyl (C=O) groups is 2. The molecule has 1 heterocycles. The van der Waals surface area contributed by atoms with Crippen molar-refractivity contribution in [1.82, 2.24) is 5.32 Å². The maximum Gasteiger partial charge on any atom is 0.247 e. The van der Waals surface area contributed by atoms with Gasteiger partial charge in [0, 0.05) is 24.1 Å². The summed E-state index contributed by atoms with van der Waals surface area (Å²) in [5, 5.41) is 12.8. The number of phenols is 1. The second-order valence-electron chi connectivity index (χ2n) is 8.68. The van der Waals surface area contributed by atoms with Gasteiger partial charge < -0.3 is 25.3 Å². The number of fused-ring (bicyclic) bond motifs is 1. The molecule has 0 aliphatic heterocycles. The molecule has 9 nitrogen and oxygen atoms in total. The summed E-state index contributed by atoms with van der Waals surface area (Å²) >= 11 is 0. The molecule has 4 N–H and O–H groups in total. The van der Waals surface area contributed by atoms with Crippen molar-refractivity contribution in [3.8, 4) is 22.8 Å². The topological polar surface area (TPSA) is 149 Å². The second-order valence-corrected chi connectivity index (χ2v) is 10.6. The molecule has 34 heavy (non-hydrogen) atoms. The number of furan rings is 1. The van der Waals surface area contributed by atoms with Gasteiger partial charge in [0.05, 0.1) is 7.11 Å². The zero-order chi connectivity index (χ0) is 25.4. The summed E-state index contributed by atoms with van der Waals surface area (Å²) in [6, 6.07) is 8.99. The van der Waals surface area contributed by atoms with Gasteiger partial charge in [-0.1, -0.05) is 19.9 Å². The van der Waals surface area contributed by atoms with Gasteiger partial charge in [-0.3, -0.25) is 9.59 Å². The quantitative estimate of drug-likeness (QED) is 0.441. The molecule has 182 valence electrons. The Labute approximate surface area is 197 Å². The van der Waals surface area contributed by atoms with E-state index in [1.807, 2.05) is 13.8 Å². The van der Waals surface area contributed by atoms with Crippen molar-refractivity contribution < 1.29 is 32.3 Å². The number of sulfone groups is 1. The van der Waals surface area contributed by atoms with E-state index < -0.39 is 27.2 Å². The summed E-state index contributed by atoms with van der Waals surface area (Å²) in [5.74, 6) is -1.14. The van der Waals surface area contributed by atoms with Crippen LogP contribution in [0.3, 0.4) is 0 Å². The van der Waals surface area contributed by atoms with Crippen LogP contribution < -0.4 is 15.8 Å². The van der Waals surface area contributed by atoms with Crippen molar-refractivity contribution in [2.75, 3.05) is 13.4 Å². The summed E-state index contributed by atoms with van der Waals surface area (Å²) in [4.78, 5) is 24.6. The zero-order valence-corrected chi connectivity index (χ0v) is 20.4. The minimum atomic E-state index is -3.82. The molecule has 1 atom stereocenters. The summed E-state index contributed by atoms with van der Waals surface area (Å²) in [5.41, 5.74) is 5.22. The predicted octanol–water partition coefficient (Wildman–Crippen LogP) is 3.08. The fourth-order valence-corrected chi connectivity index (χ4v) is 5.23. The average molecular weight is 489 g/mol. The number of benzene rings is 2. The third-order valence-electron chi connectivity index (χ3n) is 5.47. The largest absolute Gasteiger partial charge is 0.504 e. The van der Waals surface area contributed by atoms with Crippen LogP contribution >= 0.6 is 0 Å². The lowest BCUT2D eigenvalue weighted by Crippen LogP contribution is -2.55. The van der Waals surface area contributed by atoms with Crippen LogP contribution in [0.1, 0.15) is 32.8 Å². The summed E-state index contributed by atoms with van der Waals surface area (Å²) in [7, 11) is -2.45. The number of phenolic OH excluding ortho intramolecular Hbond substituents is 1. The number of primary amides is 1. The third-order valence-corrected chi connectivity index (χ3v) is 6.62. The first-order valence-electron chi connectivity index (χ1n) is 10.5. The van der Waals surface area contributed by atoms with Gasteiger partial charge in [-0.25, -0.2) is 8.42 Å². The normalized spacial score (nSPS) is 13.6. The molecule has 0 radical (unpaired) electrons. The van der Waals surface area contributed by atoms with E-state index in [9.17, 15) is 23.1 Å². The van der Waals surface area contributed by atoms with Crippen molar-refractivity contribution in [2.24, 2.45) is 11.7 Å².